The molecule has 0 saturated carbocycles. The van der Waals surface area contributed by atoms with Crippen LogP contribution in [0.25, 0.3) is 0 Å². The number of thioether (sulfide) groups is 1. The van der Waals surface area contributed by atoms with Crippen LogP contribution in [0.2, 0.25) is 0 Å². The van der Waals surface area contributed by atoms with E-state index in [-0.39, 0.29) is 5.97 Å². The van der Waals surface area contributed by atoms with Gasteiger partial charge >= 0.3 is 5.97 Å². The summed E-state index contributed by atoms with van der Waals surface area (Å²) in [5.41, 5.74) is 0.667. The maximum Gasteiger partial charge on any atom is 0.326 e. The number of rotatable bonds is 9. The van der Waals surface area contributed by atoms with Gasteiger partial charge in [-0.1, -0.05) is 24.6 Å². The Morgan fingerprint density at radius 1 is 1.38 bits per heavy atom. The fourth-order valence-corrected chi connectivity index (χ4v) is 3.22. The summed E-state index contributed by atoms with van der Waals surface area (Å²) in [7, 11) is 0. The molecule has 0 saturated heterocycles. The van der Waals surface area contributed by atoms with Crippen molar-refractivity contribution in [3.8, 4) is 0 Å². The number of hydrogen-bond acceptors (Lipinski definition) is 4. The molecule has 3 nitrogen and oxygen atoms in total. The quantitative estimate of drug-likeness (QED) is 0.556. The molecule has 0 spiro atoms. The van der Waals surface area contributed by atoms with Gasteiger partial charge in [0.1, 0.15) is 5.54 Å². The Kier molecular flexibility index (Phi) is 7.83. The van der Waals surface area contributed by atoms with Gasteiger partial charge in [-0.2, -0.15) is 0 Å². The first-order chi connectivity index (χ1) is 10.0. The van der Waals surface area contributed by atoms with Gasteiger partial charge in [-0.3, -0.25) is 4.79 Å². The minimum Gasteiger partial charge on any atom is -0.465 e. The van der Waals surface area contributed by atoms with E-state index in [9.17, 15) is 4.79 Å². The average Bonchev–Trinajstić information content (AvgIpc) is 2.45. The highest BCUT2D eigenvalue weighted by atomic mass is 32.2. The molecular weight excluding hydrogens is 282 g/mol. The number of benzene rings is 1. The van der Waals surface area contributed by atoms with Crippen molar-refractivity contribution in [3.63, 3.8) is 0 Å². The molecule has 0 amide bonds. The number of carbonyl (C=O) groups excluding carboxylic acids is 1. The van der Waals surface area contributed by atoms with Crippen LogP contribution in [0.5, 0.6) is 0 Å². The third-order valence-corrected chi connectivity index (χ3v) is 4.35. The second-order valence-electron chi connectivity index (χ2n) is 5.39. The van der Waals surface area contributed by atoms with Crippen molar-refractivity contribution in [2.24, 2.45) is 0 Å². The Morgan fingerprint density at radius 2 is 2.14 bits per heavy atom. The predicted octanol–water partition coefficient (Wildman–Crippen LogP) is 3.80. The van der Waals surface area contributed by atoms with E-state index in [1.54, 1.807) is 11.8 Å². The van der Waals surface area contributed by atoms with Gasteiger partial charge in [0.2, 0.25) is 0 Å². The van der Waals surface area contributed by atoms with E-state index in [1.807, 2.05) is 13.8 Å². The maximum absolute atomic E-state index is 12.2. The Bertz CT molecular complexity index is 450. The van der Waals surface area contributed by atoms with Crippen LogP contribution < -0.4 is 5.32 Å². The van der Waals surface area contributed by atoms with Crippen LogP contribution in [-0.4, -0.2) is 30.4 Å². The molecule has 21 heavy (non-hydrogen) atoms. The number of esters is 1. The summed E-state index contributed by atoms with van der Waals surface area (Å²) in [5, 5.41) is 3.34. The SMILES string of the molecule is CCCNC(C)(CCSc1cccc(C)c1)C(=O)OCC. The molecule has 1 aromatic carbocycles. The first-order valence-electron chi connectivity index (χ1n) is 7.63. The van der Waals surface area contributed by atoms with Crippen molar-refractivity contribution >= 4 is 17.7 Å². The molecule has 1 rings (SSSR count). The van der Waals surface area contributed by atoms with E-state index < -0.39 is 5.54 Å². The molecule has 0 fully saturated rings. The predicted molar refractivity (Wildman–Crippen MR) is 89.9 cm³/mol. The van der Waals surface area contributed by atoms with E-state index in [0.717, 1.165) is 25.1 Å². The van der Waals surface area contributed by atoms with Gasteiger partial charge in [-0.05, 0) is 52.3 Å². The number of aryl methyl sites for hydroxylation is 1. The van der Waals surface area contributed by atoms with Crippen LogP contribution in [-0.2, 0) is 9.53 Å². The summed E-state index contributed by atoms with van der Waals surface area (Å²) in [6.07, 6.45) is 1.75. The summed E-state index contributed by atoms with van der Waals surface area (Å²) in [6.45, 7) is 9.23. The van der Waals surface area contributed by atoms with Gasteiger partial charge in [0.05, 0.1) is 6.61 Å². The van der Waals surface area contributed by atoms with Crippen LogP contribution in [0.3, 0.4) is 0 Å². The summed E-state index contributed by atoms with van der Waals surface area (Å²) in [5.74, 6) is 0.735. The van der Waals surface area contributed by atoms with Crippen molar-refractivity contribution in [1.82, 2.24) is 5.32 Å². The fourth-order valence-electron chi connectivity index (χ4n) is 2.03. The van der Waals surface area contributed by atoms with E-state index in [1.165, 1.54) is 10.5 Å². The molecule has 1 unspecified atom stereocenters. The van der Waals surface area contributed by atoms with Gasteiger partial charge in [-0.15, -0.1) is 11.8 Å². The standard InChI is InChI=1S/C17H27NO2S/c1-5-11-18-17(4,16(19)20-6-2)10-12-21-15-9-7-8-14(3)13-15/h7-9,13,18H,5-6,10-12H2,1-4H3. The lowest BCUT2D eigenvalue weighted by molar-refractivity contribution is -0.150. The van der Waals surface area contributed by atoms with Gasteiger partial charge in [0.15, 0.2) is 0 Å². The molecule has 4 heteroatoms. The molecule has 0 radical (unpaired) electrons. The second-order valence-corrected chi connectivity index (χ2v) is 6.56. The Labute approximate surface area is 132 Å². The highest BCUT2D eigenvalue weighted by Crippen LogP contribution is 2.23. The van der Waals surface area contributed by atoms with Crippen LogP contribution in [0.15, 0.2) is 29.2 Å². The largest absolute Gasteiger partial charge is 0.465 e. The summed E-state index contributed by atoms with van der Waals surface area (Å²) < 4.78 is 5.22. The summed E-state index contributed by atoms with van der Waals surface area (Å²) >= 11 is 1.78. The maximum atomic E-state index is 12.2. The third kappa shape index (κ3) is 6.10. The van der Waals surface area contributed by atoms with Gasteiger partial charge in [0.25, 0.3) is 0 Å². The van der Waals surface area contributed by atoms with E-state index >= 15 is 0 Å². The van der Waals surface area contributed by atoms with Gasteiger partial charge < -0.3 is 10.1 Å². The monoisotopic (exact) mass is 309 g/mol. The molecule has 1 N–H and O–H groups in total. The topological polar surface area (TPSA) is 38.3 Å². The molecule has 118 valence electrons. The Balaban J connectivity index is 2.58. The Morgan fingerprint density at radius 3 is 2.76 bits per heavy atom. The third-order valence-electron chi connectivity index (χ3n) is 3.35. The smallest absolute Gasteiger partial charge is 0.326 e. The molecular formula is C17H27NO2S. The van der Waals surface area contributed by atoms with Gasteiger partial charge in [-0.25, -0.2) is 0 Å². The minimum atomic E-state index is -0.594. The molecule has 0 bridgehead atoms. The zero-order valence-electron chi connectivity index (χ0n) is 13.6. The first-order valence-corrected chi connectivity index (χ1v) is 8.62. The van der Waals surface area contributed by atoms with E-state index in [0.29, 0.717) is 6.61 Å². The molecule has 1 aromatic rings. The van der Waals surface area contributed by atoms with Crippen LogP contribution in [0.4, 0.5) is 0 Å². The highest BCUT2D eigenvalue weighted by molar-refractivity contribution is 7.99. The molecule has 0 heterocycles. The van der Waals surface area contributed by atoms with Crippen molar-refractivity contribution in [2.75, 3.05) is 18.9 Å². The van der Waals surface area contributed by atoms with Crippen LogP contribution in [0, 0.1) is 6.92 Å². The molecule has 0 aliphatic heterocycles. The van der Waals surface area contributed by atoms with Crippen molar-refractivity contribution < 1.29 is 9.53 Å². The summed E-state index contributed by atoms with van der Waals surface area (Å²) in [6, 6.07) is 8.44. The number of ether oxygens (including phenoxy) is 1. The highest BCUT2D eigenvalue weighted by Gasteiger charge is 2.33. The molecule has 0 aromatic heterocycles. The Hall–Kier alpha value is -1.00. The number of carbonyl (C=O) groups is 1. The summed E-state index contributed by atoms with van der Waals surface area (Å²) in [4.78, 5) is 13.4. The van der Waals surface area contributed by atoms with Crippen molar-refractivity contribution in [2.45, 2.75) is 51.0 Å². The second kappa shape index (κ2) is 9.11. The van der Waals surface area contributed by atoms with Gasteiger partial charge in [0, 0.05) is 10.6 Å². The minimum absolute atomic E-state index is 0.150. The molecule has 1 atom stereocenters. The normalized spacial score (nSPS) is 13.7. The first kappa shape index (κ1) is 18.1. The van der Waals surface area contributed by atoms with Crippen LogP contribution in [0.1, 0.15) is 39.2 Å². The zero-order chi connectivity index (χ0) is 15.7. The number of hydrogen-bond donors (Lipinski definition) is 1. The van der Waals surface area contributed by atoms with E-state index in [4.69, 9.17) is 4.74 Å². The van der Waals surface area contributed by atoms with E-state index in [2.05, 4.69) is 43.4 Å². The fraction of sp³-hybridized carbons (Fsp3) is 0.588. The lowest BCUT2D eigenvalue weighted by Gasteiger charge is -2.28. The average molecular weight is 309 g/mol. The lowest BCUT2D eigenvalue weighted by atomic mass is 9.99. The molecule has 0 aliphatic carbocycles. The zero-order valence-corrected chi connectivity index (χ0v) is 14.4. The lowest BCUT2D eigenvalue weighted by Crippen LogP contribution is -2.51. The van der Waals surface area contributed by atoms with Crippen molar-refractivity contribution in [1.29, 1.82) is 0 Å². The van der Waals surface area contributed by atoms with Crippen molar-refractivity contribution in [3.05, 3.63) is 29.8 Å². The number of nitrogens with one attached hydrogen (secondary N) is 1. The van der Waals surface area contributed by atoms with Crippen LogP contribution >= 0.6 is 11.8 Å². The molecule has 0 aliphatic rings.